The molecule has 0 aromatic rings. The van der Waals surface area contributed by atoms with E-state index < -0.39 is 0 Å². The number of hydrogen-bond acceptors (Lipinski definition) is 3. The minimum Gasteiger partial charge on any atom is -0.263 e. The van der Waals surface area contributed by atoms with Crippen molar-refractivity contribution in [1.82, 2.24) is 4.72 Å². The molecule has 0 aromatic heterocycles. The van der Waals surface area contributed by atoms with Gasteiger partial charge in [0.25, 0.3) is 0 Å². The molecule has 0 heterocycles. The Morgan fingerprint density at radius 3 is 2.55 bits per heavy atom. The van der Waals surface area contributed by atoms with Crippen LogP contribution < -0.4 is 4.72 Å². The molecule has 0 rings (SSSR count). The van der Waals surface area contributed by atoms with E-state index in [1.54, 1.807) is 0 Å². The van der Waals surface area contributed by atoms with Gasteiger partial charge in [-0.25, -0.2) is 0 Å². The standard InChI is InChI=1S/C8H19NS2/c1-4-7(2)8(9-10)5-6-11-3/h7-10H,4-6H2,1-3H3. The molecule has 2 unspecified atom stereocenters. The summed E-state index contributed by atoms with van der Waals surface area (Å²) < 4.78 is 3.07. The molecule has 0 aromatic carbocycles. The summed E-state index contributed by atoms with van der Waals surface area (Å²) in [5.74, 6) is 1.96. The predicted molar refractivity (Wildman–Crippen MR) is 58.4 cm³/mol. The van der Waals surface area contributed by atoms with Crippen LogP contribution in [0.1, 0.15) is 26.7 Å². The van der Waals surface area contributed by atoms with Crippen molar-refractivity contribution in [2.24, 2.45) is 5.92 Å². The molecular formula is C8H19NS2. The molecule has 0 aliphatic carbocycles. The van der Waals surface area contributed by atoms with Crippen molar-refractivity contribution in [3.05, 3.63) is 0 Å². The molecule has 2 atom stereocenters. The van der Waals surface area contributed by atoms with Gasteiger partial charge >= 0.3 is 0 Å². The van der Waals surface area contributed by atoms with Crippen LogP contribution in [0.15, 0.2) is 0 Å². The van der Waals surface area contributed by atoms with Gasteiger partial charge < -0.3 is 0 Å². The maximum atomic E-state index is 4.12. The van der Waals surface area contributed by atoms with Crippen LogP contribution in [0.3, 0.4) is 0 Å². The molecular weight excluding hydrogens is 174 g/mol. The van der Waals surface area contributed by atoms with Crippen LogP contribution in [0.5, 0.6) is 0 Å². The minimum atomic E-state index is 0.579. The Bertz CT molecular complexity index is 88.2. The maximum absolute atomic E-state index is 4.12. The van der Waals surface area contributed by atoms with E-state index in [1.807, 2.05) is 11.8 Å². The Morgan fingerprint density at radius 2 is 2.18 bits per heavy atom. The highest BCUT2D eigenvalue weighted by molar-refractivity contribution is 7.98. The van der Waals surface area contributed by atoms with Crippen molar-refractivity contribution < 1.29 is 0 Å². The van der Waals surface area contributed by atoms with Gasteiger partial charge in [-0.15, -0.1) is 0 Å². The van der Waals surface area contributed by atoms with Gasteiger partial charge in [0.15, 0.2) is 0 Å². The fraction of sp³-hybridized carbons (Fsp3) is 1.00. The van der Waals surface area contributed by atoms with Crippen molar-refractivity contribution in [2.45, 2.75) is 32.7 Å². The third-order valence-electron chi connectivity index (χ3n) is 2.13. The Balaban J connectivity index is 3.56. The Hall–Kier alpha value is 0.660. The molecule has 0 aliphatic rings. The first-order valence-electron chi connectivity index (χ1n) is 4.14. The first-order chi connectivity index (χ1) is 5.26. The highest BCUT2D eigenvalue weighted by Crippen LogP contribution is 2.13. The zero-order valence-corrected chi connectivity index (χ0v) is 9.34. The number of rotatable bonds is 6. The normalized spacial score (nSPS) is 16.4. The molecule has 0 fully saturated rings. The van der Waals surface area contributed by atoms with Crippen molar-refractivity contribution in [2.75, 3.05) is 12.0 Å². The molecule has 1 nitrogen and oxygen atoms in total. The average Bonchev–Trinajstić information content (AvgIpc) is 2.05. The molecule has 3 heteroatoms. The Kier molecular flexibility index (Phi) is 7.76. The molecule has 0 saturated carbocycles. The fourth-order valence-corrected chi connectivity index (χ4v) is 1.88. The lowest BCUT2D eigenvalue weighted by atomic mass is 9.98. The van der Waals surface area contributed by atoms with Crippen LogP contribution in [-0.2, 0) is 0 Å². The van der Waals surface area contributed by atoms with Gasteiger partial charge in [-0.2, -0.15) is 11.8 Å². The highest BCUT2D eigenvalue weighted by atomic mass is 32.2. The molecule has 0 aliphatic heterocycles. The molecule has 11 heavy (non-hydrogen) atoms. The van der Waals surface area contributed by atoms with E-state index in [-0.39, 0.29) is 0 Å². The van der Waals surface area contributed by atoms with E-state index in [1.165, 1.54) is 18.6 Å². The topological polar surface area (TPSA) is 12.0 Å². The monoisotopic (exact) mass is 193 g/mol. The number of hydrogen-bond donors (Lipinski definition) is 2. The number of thiol groups is 1. The summed E-state index contributed by atoms with van der Waals surface area (Å²) in [5.41, 5.74) is 0. The SMILES string of the molecule is CCC(C)C(CCSC)NS. The second-order valence-electron chi connectivity index (χ2n) is 2.90. The van der Waals surface area contributed by atoms with E-state index in [9.17, 15) is 0 Å². The molecule has 0 spiro atoms. The van der Waals surface area contributed by atoms with Gasteiger partial charge in [0.05, 0.1) is 0 Å². The molecule has 0 amide bonds. The summed E-state index contributed by atoms with van der Waals surface area (Å²) in [6.45, 7) is 4.50. The van der Waals surface area contributed by atoms with Crippen LogP contribution in [0.2, 0.25) is 0 Å². The number of thioether (sulfide) groups is 1. The molecule has 0 bridgehead atoms. The van der Waals surface area contributed by atoms with Crippen LogP contribution in [0, 0.1) is 5.92 Å². The minimum absolute atomic E-state index is 0.579. The van der Waals surface area contributed by atoms with Gasteiger partial charge in [0, 0.05) is 6.04 Å². The Labute approximate surface area is 80.3 Å². The first kappa shape index (κ1) is 11.7. The number of nitrogens with one attached hydrogen (secondary N) is 1. The fourth-order valence-electron chi connectivity index (χ4n) is 1.01. The largest absolute Gasteiger partial charge is 0.263 e. The van der Waals surface area contributed by atoms with Crippen LogP contribution in [-0.4, -0.2) is 18.1 Å². The predicted octanol–water partition coefficient (Wildman–Crippen LogP) is 2.59. The second-order valence-corrected chi connectivity index (χ2v) is 4.15. The molecule has 0 radical (unpaired) electrons. The third kappa shape index (κ3) is 4.99. The quantitative estimate of drug-likeness (QED) is 0.629. The lowest BCUT2D eigenvalue weighted by Crippen LogP contribution is -2.28. The van der Waals surface area contributed by atoms with Crippen LogP contribution in [0.4, 0.5) is 0 Å². The summed E-state index contributed by atoms with van der Waals surface area (Å²) in [7, 11) is 0. The van der Waals surface area contributed by atoms with E-state index >= 15 is 0 Å². The van der Waals surface area contributed by atoms with Gasteiger partial charge in [-0.05, 0) is 24.3 Å². The zero-order valence-electron chi connectivity index (χ0n) is 7.63. The summed E-state index contributed by atoms with van der Waals surface area (Å²) >= 11 is 6.02. The van der Waals surface area contributed by atoms with Gasteiger partial charge in [-0.1, -0.05) is 33.1 Å². The van der Waals surface area contributed by atoms with Crippen molar-refractivity contribution >= 4 is 24.6 Å². The summed E-state index contributed by atoms with van der Waals surface area (Å²) in [6, 6.07) is 0.579. The first-order valence-corrected chi connectivity index (χ1v) is 5.98. The van der Waals surface area contributed by atoms with E-state index in [0.717, 1.165) is 5.92 Å². The molecule has 1 N–H and O–H groups in total. The molecule has 0 saturated heterocycles. The lowest BCUT2D eigenvalue weighted by molar-refractivity contribution is 0.415. The maximum Gasteiger partial charge on any atom is 0.0202 e. The second kappa shape index (κ2) is 7.32. The lowest BCUT2D eigenvalue weighted by Gasteiger charge is -2.20. The van der Waals surface area contributed by atoms with Crippen molar-refractivity contribution in [3.8, 4) is 0 Å². The Morgan fingerprint density at radius 1 is 1.55 bits per heavy atom. The van der Waals surface area contributed by atoms with E-state index in [2.05, 4.69) is 37.6 Å². The smallest absolute Gasteiger partial charge is 0.0202 e. The van der Waals surface area contributed by atoms with E-state index in [4.69, 9.17) is 0 Å². The van der Waals surface area contributed by atoms with Gasteiger partial charge in [0.2, 0.25) is 0 Å². The average molecular weight is 193 g/mol. The summed E-state index contributed by atoms with van der Waals surface area (Å²) in [6.07, 6.45) is 4.60. The zero-order chi connectivity index (χ0) is 8.69. The van der Waals surface area contributed by atoms with Crippen LogP contribution >= 0.6 is 24.6 Å². The van der Waals surface area contributed by atoms with Gasteiger partial charge in [0.1, 0.15) is 0 Å². The summed E-state index contributed by atoms with van der Waals surface area (Å²) in [4.78, 5) is 0. The third-order valence-corrected chi connectivity index (χ3v) is 3.11. The van der Waals surface area contributed by atoms with Gasteiger partial charge in [-0.3, -0.25) is 4.72 Å². The highest BCUT2D eigenvalue weighted by Gasteiger charge is 2.12. The summed E-state index contributed by atoms with van der Waals surface area (Å²) in [5, 5.41) is 0. The van der Waals surface area contributed by atoms with Crippen molar-refractivity contribution in [3.63, 3.8) is 0 Å². The van der Waals surface area contributed by atoms with Crippen molar-refractivity contribution in [1.29, 1.82) is 0 Å². The van der Waals surface area contributed by atoms with Crippen LogP contribution in [0.25, 0.3) is 0 Å². The molecule has 68 valence electrons. The van der Waals surface area contributed by atoms with E-state index in [0.29, 0.717) is 6.04 Å².